The quantitative estimate of drug-likeness (QED) is 0.404. The molecule has 9 nitrogen and oxygen atoms in total. The predicted molar refractivity (Wildman–Crippen MR) is 125 cm³/mol. The average molecular weight is 528 g/mol. The van der Waals surface area contributed by atoms with Crippen LogP contribution in [0.5, 0.6) is 11.8 Å². The van der Waals surface area contributed by atoms with Crippen molar-refractivity contribution in [2.45, 2.75) is 57.3 Å². The number of ether oxygens (including phenoxy) is 3. The normalized spacial score (nSPS) is 18.8. The maximum absolute atomic E-state index is 14.8. The summed E-state index contributed by atoms with van der Waals surface area (Å²) in [5.41, 5.74) is -0.0111. The molecule has 0 unspecified atom stereocenters. The molecule has 37 heavy (non-hydrogen) atoms. The molecule has 1 saturated carbocycles. The molecule has 2 heterocycles. The average Bonchev–Trinajstić information content (AvgIpc) is 3.44. The highest BCUT2D eigenvalue weighted by Gasteiger charge is 2.27. The Morgan fingerprint density at radius 1 is 1.16 bits per heavy atom. The van der Waals surface area contributed by atoms with Crippen LogP contribution >= 0.6 is 0 Å². The van der Waals surface area contributed by atoms with Gasteiger partial charge in [-0.2, -0.15) is 10.1 Å². The Morgan fingerprint density at radius 3 is 2.51 bits per heavy atom. The molecule has 1 atom stereocenters. The van der Waals surface area contributed by atoms with Crippen molar-refractivity contribution in [1.29, 1.82) is 0 Å². The monoisotopic (exact) mass is 527 g/mol. The van der Waals surface area contributed by atoms with Gasteiger partial charge in [0.15, 0.2) is 17.4 Å². The van der Waals surface area contributed by atoms with Crippen molar-refractivity contribution < 1.29 is 36.6 Å². The molecule has 0 bridgehead atoms. The van der Waals surface area contributed by atoms with Gasteiger partial charge in [0.05, 0.1) is 24.5 Å². The van der Waals surface area contributed by atoms with Crippen LogP contribution in [0.3, 0.4) is 0 Å². The number of nitrogens with zero attached hydrogens (tertiary/aromatic N) is 4. The second-order valence-corrected chi connectivity index (χ2v) is 9.15. The summed E-state index contributed by atoms with van der Waals surface area (Å²) in [5.74, 6) is -2.70. The molecule has 202 valence electrons. The van der Waals surface area contributed by atoms with E-state index in [1.165, 1.54) is 17.8 Å². The van der Waals surface area contributed by atoms with Crippen LogP contribution in [0, 0.1) is 11.6 Å². The van der Waals surface area contributed by atoms with Crippen LogP contribution in [0.15, 0.2) is 18.5 Å². The number of hydrogen-bond donors (Lipinski definition) is 1. The lowest BCUT2D eigenvalue weighted by Crippen LogP contribution is -2.38. The number of aryl methyl sites for hydroxylation is 2. The van der Waals surface area contributed by atoms with Crippen molar-refractivity contribution in [1.82, 2.24) is 24.6 Å². The summed E-state index contributed by atoms with van der Waals surface area (Å²) in [7, 11) is 3.20. The molecule has 0 radical (unpaired) electrons. The van der Waals surface area contributed by atoms with Crippen molar-refractivity contribution in [2.75, 3.05) is 13.2 Å². The molecule has 1 aliphatic carbocycles. The van der Waals surface area contributed by atoms with E-state index in [1.807, 2.05) is 6.92 Å². The van der Waals surface area contributed by atoms with Gasteiger partial charge < -0.3 is 19.5 Å². The smallest absolute Gasteiger partial charge is 0.297 e. The highest BCUT2D eigenvalue weighted by molar-refractivity contribution is 5.93. The number of carbonyl (C=O) groups is 1. The number of halogens is 4. The number of nitrogens with one attached hydrogen (secondary N) is 1. The molecular weight excluding hydrogens is 498 g/mol. The lowest BCUT2D eigenvalue weighted by molar-refractivity contribution is -0.00625. The minimum absolute atomic E-state index is 0.0116. The van der Waals surface area contributed by atoms with Gasteiger partial charge in [0.1, 0.15) is 23.7 Å². The van der Waals surface area contributed by atoms with Crippen molar-refractivity contribution in [3.8, 4) is 11.8 Å². The van der Waals surface area contributed by atoms with Gasteiger partial charge in [0, 0.05) is 32.4 Å². The zero-order valence-electron chi connectivity index (χ0n) is 20.7. The van der Waals surface area contributed by atoms with Crippen LogP contribution in [0.2, 0.25) is 0 Å². The fourth-order valence-corrected chi connectivity index (χ4v) is 4.26. The van der Waals surface area contributed by atoms with Crippen LogP contribution in [-0.2, 0) is 18.8 Å². The van der Waals surface area contributed by atoms with Gasteiger partial charge in [-0.25, -0.2) is 17.6 Å². The van der Waals surface area contributed by atoms with Gasteiger partial charge in [-0.3, -0.25) is 14.0 Å². The Morgan fingerprint density at radius 2 is 1.86 bits per heavy atom. The third kappa shape index (κ3) is 6.32. The maximum atomic E-state index is 14.8. The van der Waals surface area contributed by atoms with Gasteiger partial charge in [0.25, 0.3) is 18.3 Å². The van der Waals surface area contributed by atoms with Crippen LogP contribution in [0.25, 0.3) is 11.0 Å². The molecule has 1 fully saturated rings. The Balaban J connectivity index is 1.29. The molecule has 3 aromatic rings. The molecular formula is C24H29F4N5O4. The molecule has 1 aromatic carbocycles. The van der Waals surface area contributed by atoms with E-state index in [9.17, 15) is 22.4 Å². The molecule has 13 heteroatoms. The number of amides is 1. The third-order valence-corrected chi connectivity index (χ3v) is 6.15. The van der Waals surface area contributed by atoms with E-state index in [-0.39, 0.29) is 41.2 Å². The number of imidazole rings is 1. The van der Waals surface area contributed by atoms with Gasteiger partial charge in [0.2, 0.25) is 0 Å². The summed E-state index contributed by atoms with van der Waals surface area (Å²) in [5, 5.41) is 6.86. The van der Waals surface area contributed by atoms with Crippen molar-refractivity contribution in [3.63, 3.8) is 0 Å². The van der Waals surface area contributed by atoms with E-state index in [0.29, 0.717) is 43.9 Å². The van der Waals surface area contributed by atoms with Gasteiger partial charge >= 0.3 is 0 Å². The molecule has 0 spiro atoms. The number of carbonyl (C=O) groups excluding carboxylic acids is 1. The van der Waals surface area contributed by atoms with Crippen molar-refractivity contribution in [3.05, 3.63) is 35.7 Å². The molecule has 2 aromatic heterocycles. The number of alkyl halides is 2. The highest BCUT2D eigenvalue weighted by atomic mass is 19.3. The highest BCUT2D eigenvalue weighted by Crippen LogP contribution is 2.33. The first-order chi connectivity index (χ1) is 17.6. The molecule has 1 amide bonds. The second kappa shape index (κ2) is 11.4. The Kier molecular flexibility index (Phi) is 8.20. The standard InChI is InChI=1S/C24H29F4N5O4/c1-13(30-23(34)14-9-29-32(2)10-14)11-35-15-4-6-16(7-5-15)37-24-31-21-17(25)8-18(36-12-19(26)27)20(28)22(21)33(24)3/h8-10,13,15-16,19H,4-7,11-12H2,1-3H3,(H,30,34)/t13-,15-,16-/m0/s1. The van der Waals surface area contributed by atoms with E-state index in [0.717, 1.165) is 0 Å². The first-order valence-electron chi connectivity index (χ1n) is 12.0. The largest absolute Gasteiger partial charge is 0.484 e. The van der Waals surface area contributed by atoms with Gasteiger partial charge in [-0.05, 0) is 32.6 Å². The lowest BCUT2D eigenvalue weighted by Gasteiger charge is -2.29. The van der Waals surface area contributed by atoms with E-state index < -0.39 is 30.4 Å². The fraction of sp³-hybridized carbons (Fsp3) is 0.542. The summed E-state index contributed by atoms with van der Waals surface area (Å²) >= 11 is 0. The molecule has 1 aliphatic rings. The summed E-state index contributed by atoms with van der Waals surface area (Å²) in [6.45, 7) is 1.16. The van der Waals surface area contributed by atoms with E-state index in [2.05, 4.69) is 15.4 Å². The Labute approximate surface area is 210 Å². The topological polar surface area (TPSA) is 92.4 Å². The number of aromatic nitrogens is 4. The lowest BCUT2D eigenvalue weighted by atomic mass is 9.95. The molecule has 1 N–H and O–H groups in total. The number of benzene rings is 1. The fourth-order valence-electron chi connectivity index (χ4n) is 4.26. The van der Waals surface area contributed by atoms with Gasteiger partial charge in [-0.1, -0.05) is 0 Å². The number of rotatable bonds is 10. The molecule has 0 saturated heterocycles. The van der Waals surface area contributed by atoms with Crippen molar-refractivity contribution in [2.24, 2.45) is 14.1 Å². The first-order valence-corrected chi connectivity index (χ1v) is 12.0. The Bertz CT molecular complexity index is 1240. The summed E-state index contributed by atoms with van der Waals surface area (Å²) in [4.78, 5) is 16.3. The maximum Gasteiger partial charge on any atom is 0.297 e. The summed E-state index contributed by atoms with van der Waals surface area (Å²) in [6, 6.07) is 0.537. The second-order valence-electron chi connectivity index (χ2n) is 9.15. The number of hydrogen-bond acceptors (Lipinski definition) is 6. The van der Waals surface area contributed by atoms with E-state index in [1.54, 1.807) is 17.9 Å². The predicted octanol–water partition coefficient (Wildman–Crippen LogP) is 3.75. The van der Waals surface area contributed by atoms with Crippen LogP contribution < -0.4 is 14.8 Å². The van der Waals surface area contributed by atoms with E-state index in [4.69, 9.17) is 14.2 Å². The third-order valence-electron chi connectivity index (χ3n) is 6.15. The minimum Gasteiger partial charge on any atom is -0.484 e. The van der Waals surface area contributed by atoms with Crippen LogP contribution in [0.1, 0.15) is 43.0 Å². The number of fused-ring (bicyclic) bond motifs is 1. The summed E-state index contributed by atoms with van der Waals surface area (Å²) in [6.07, 6.45) is 2.74. The Hall–Kier alpha value is -3.35. The molecule has 4 rings (SSSR count). The van der Waals surface area contributed by atoms with Crippen molar-refractivity contribution >= 4 is 16.9 Å². The zero-order chi connectivity index (χ0) is 26.7. The minimum atomic E-state index is -2.82. The van der Waals surface area contributed by atoms with E-state index >= 15 is 0 Å². The van der Waals surface area contributed by atoms with Crippen LogP contribution in [0.4, 0.5) is 17.6 Å². The summed E-state index contributed by atoms with van der Waals surface area (Å²) < 4.78 is 73.6. The SMILES string of the molecule is C[C@@H](CO[C@H]1CC[C@H](Oc2nc3c(F)cc(OCC(F)F)c(F)c3n2C)CC1)NC(=O)c1cnn(C)c1. The first kappa shape index (κ1) is 26.7. The van der Waals surface area contributed by atoms with Gasteiger partial charge in [-0.15, -0.1) is 0 Å². The molecule has 0 aliphatic heterocycles. The van der Waals surface area contributed by atoms with Crippen LogP contribution in [-0.4, -0.2) is 63.1 Å². The zero-order valence-corrected chi connectivity index (χ0v) is 20.7.